The van der Waals surface area contributed by atoms with Gasteiger partial charge in [0.15, 0.2) is 0 Å². The summed E-state index contributed by atoms with van der Waals surface area (Å²) < 4.78 is 2.41. The maximum absolute atomic E-state index is 4.72. The first kappa shape index (κ1) is 16.1. The average molecular weight is 313 g/mol. The van der Waals surface area contributed by atoms with E-state index in [1.807, 2.05) is 18.5 Å². The molecule has 0 unspecified atom stereocenters. The second-order valence-electron chi connectivity index (χ2n) is 6.78. The smallest absolute Gasteiger partial charge is 0.126 e. The molecule has 5 heteroatoms. The standard InChI is InChI=1S/C18H27N5/c1-14(2)21(4)13-17-11-20-18-15(3)22(8-9-23(17)18)12-16-6-5-7-19-10-16/h5-7,10-11,14-15H,8-9,12-13H2,1-4H3/t15-/m1/s1. The van der Waals surface area contributed by atoms with Crippen molar-refractivity contribution in [3.63, 3.8) is 0 Å². The van der Waals surface area contributed by atoms with Crippen LogP contribution in [0.15, 0.2) is 30.7 Å². The maximum atomic E-state index is 4.72. The molecule has 0 radical (unpaired) electrons. The highest BCUT2D eigenvalue weighted by atomic mass is 15.3. The Hall–Kier alpha value is -1.72. The van der Waals surface area contributed by atoms with Crippen molar-refractivity contribution >= 4 is 0 Å². The van der Waals surface area contributed by atoms with E-state index in [9.17, 15) is 0 Å². The fourth-order valence-corrected chi connectivity index (χ4v) is 3.11. The van der Waals surface area contributed by atoms with Gasteiger partial charge in [-0.15, -0.1) is 0 Å². The van der Waals surface area contributed by atoms with Crippen LogP contribution in [-0.4, -0.2) is 44.0 Å². The highest BCUT2D eigenvalue weighted by Gasteiger charge is 2.27. The monoisotopic (exact) mass is 313 g/mol. The molecule has 0 aromatic carbocycles. The number of imidazole rings is 1. The molecule has 3 heterocycles. The summed E-state index contributed by atoms with van der Waals surface area (Å²) in [7, 11) is 2.17. The molecule has 0 aliphatic carbocycles. The zero-order valence-corrected chi connectivity index (χ0v) is 14.6. The Kier molecular flexibility index (Phi) is 4.78. The first-order valence-corrected chi connectivity index (χ1v) is 8.43. The Balaban J connectivity index is 1.73. The second-order valence-corrected chi connectivity index (χ2v) is 6.78. The van der Waals surface area contributed by atoms with E-state index in [0.29, 0.717) is 12.1 Å². The van der Waals surface area contributed by atoms with Gasteiger partial charge < -0.3 is 4.57 Å². The molecule has 2 aromatic rings. The van der Waals surface area contributed by atoms with Gasteiger partial charge in [-0.1, -0.05) is 6.07 Å². The van der Waals surface area contributed by atoms with Crippen LogP contribution in [-0.2, 0) is 19.6 Å². The largest absolute Gasteiger partial charge is 0.328 e. The molecule has 0 saturated carbocycles. The lowest BCUT2D eigenvalue weighted by molar-refractivity contribution is 0.152. The summed E-state index contributed by atoms with van der Waals surface area (Å²) in [5.41, 5.74) is 2.59. The predicted molar refractivity (Wildman–Crippen MR) is 91.9 cm³/mol. The number of hydrogen-bond acceptors (Lipinski definition) is 4. The quantitative estimate of drug-likeness (QED) is 0.850. The molecule has 5 nitrogen and oxygen atoms in total. The normalized spacial score (nSPS) is 18.6. The molecule has 0 amide bonds. The van der Waals surface area contributed by atoms with Gasteiger partial charge in [0.1, 0.15) is 5.82 Å². The van der Waals surface area contributed by atoms with Gasteiger partial charge in [0.25, 0.3) is 0 Å². The van der Waals surface area contributed by atoms with Crippen molar-refractivity contribution < 1.29 is 0 Å². The molecule has 0 fully saturated rings. The molecule has 0 spiro atoms. The number of fused-ring (bicyclic) bond motifs is 1. The van der Waals surface area contributed by atoms with Crippen LogP contribution in [0.3, 0.4) is 0 Å². The third-order valence-electron chi connectivity index (χ3n) is 4.90. The SMILES string of the molecule is CC(C)N(C)Cc1cnc2n1CCN(Cc1cccnc1)[C@@H]2C. The van der Waals surface area contributed by atoms with E-state index < -0.39 is 0 Å². The zero-order chi connectivity index (χ0) is 16.4. The zero-order valence-electron chi connectivity index (χ0n) is 14.6. The highest BCUT2D eigenvalue weighted by molar-refractivity contribution is 5.13. The summed E-state index contributed by atoms with van der Waals surface area (Å²) in [6.07, 6.45) is 5.84. The Morgan fingerprint density at radius 3 is 2.83 bits per heavy atom. The van der Waals surface area contributed by atoms with Gasteiger partial charge in [-0.25, -0.2) is 4.98 Å². The van der Waals surface area contributed by atoms with E-state index in [1.165, 1.54) is 17.1 Å². The van der Waals surface area contributed by atoms with Crippen LogP contribution >= 0.6 is 0 Å². The lowest BCUT2D eigenvalue weighted by atomic mass is 10.1. The number of hydrogen-bond donors (Lipinski definition) is 0. The number of nitrogens with zero attached hydrogens (tertiary/aromatic N) is 5. The van der Waals surface area contributed by atoms with Gasteiger partial charge in [-0.3, -0.25) is 14.8 Å². The van der Waals surface area contributed by atoms with E-state index in [2.05, 4.69) is 59.4 Å². The van der Waals surface area contributed by atoms with Gasteiger partial charge in [0, 0.05) is 50.8 Å². The molecule has 1 aliphatic rings. The van der Waals surface area contributed by atoms with Crippen LogP contribution in [0.25, 0.3) is 0 Å². The third-order valence-corrected chi connectivity index (χ3v) is 4.90. The summed E-state index contributed by atoms with van der Waals surface area (Å²) in [4.78, 5) is 13.8. The minimum Gasteiger partial charge on any atom is -0.328 e. The Bertz CT molecular complexity index is 634. The van der Waals surface area contributed by atoms with Crippen molar-refractivity contribution in [2.45, 2.75) is 52.5 Å². The van der Waals surface area contributed by atoms with Crippen molar-refractivity contribution in [1.82, 2.24) is 24.3 Å². The van der Waals surface area contributed by atoms with Crippen LogP contribution in [0.1, 0.15) is 43.9 Å². The van der Waals surface area contributed by atoms with Gasteiger partial charge in [0.2, 0.25) is 0 Å². The van der Waals surface area contributed by atoms with E-state index in [4.69, 9.17) is 4.98 Å². The van der Waals surface area contributed by atoms with Gasteiger partial charge in [0.05, 0.1) is 11.7 Å². The summed E-state index contributed by atoms with van der Waals surface area (Å²) >= 11 is 0. The molecule has 1 atom stereocenters. The number of rotatable bonds is 5. The molecule has 0 saturated heterocycles. The molecule has 0 bridgehead atoms. The van der Waals surface area contributed by atoms with Crippen LogP contribution < -0.4 is 0 Å². The molecule has 2 aromatic heterocycles. The fraction of sp³-hybridized carbons (Fsp3) is 0.556. The molecular formula is C18H27N5. The van der Waals surface area contributed by atoms with Crippen LogP contribution in [0.4, 0.5) is 0 Å². The van der Waals surface area contributed by atoms with Crippen LogP contribution in [0.2, 0.25) is 0 Å². The van der Waals surface area contributed by atoms with Gasteiger partial charge >= 0.3 is 0 Å². The predicted octanol–water partition coefficient (Wildman–Crippen LogP) is 2.70. The minimum absolute atomic E-state index is 0.335. The van der Waals surface area contributed by atoms with Crippen molar-refractivity contribution in [2.75, 3.05) is 13.6 Å². The number of pyridine rings is 1. The van der Waals surface area contributed by atoms with Gasteiger partial charge in [-0.05, 0) is 39.4 Å². The van der Waals surface area contributed by atoms with Crippen molar-refractivity contribution in [2.24, 2.45) is 0 Å². The topological polar surface area (TPSA) is 37.2 Å². The van der Waals surface area contributed by atoms with Crippen LogP contribution in [0.5, 0.6) is 0 Å². The molecular weight excluding hydrogens is 286 g/mol. The molecule has 0 N–H and O–H groups in total. The summed E-state index contributed by atoms with van der Waals surface area (Å²) in [6, 6.07) is 5.03. The summed E-state index contributed by atoms with van der Waals surface area (Å²) in [5, 5.41) is 0. The Labute approximate surface area is 139 Å². The Morgan fingerprint density at radius 2 is 2.13 bits per heavy atom. The molecule has 1 aliphatic heterocycles. The number of aromatic nitrogens is 3. The summed E-state index contributed by atoms with van der Waals surface area (Å²) in [6.45, 7) is 10.7. The molecule has 124 valence electrons. The molecule has 23 heavy (non-hydrogen) atoms. The van der Waals surface area contributed by atoms with E-state index in [-0.39, 0.29) is 0 Å². The van der Waals surface area contributed by atoms with Gasteiger partial charge in [-0.2, -0.15) is 0 Å². The average Bonchev–Trinajstić information content (AvgIpc) is 2.95. The first-order valence-electron chi connectivity index (χ1n) is 8.43. The van der Waals surface area contributed by atoms with E-state index in [0.717, 1.165) is 26.2 Å². The van der Waals surface area contributed by atoms with E-state index in [1.54, 1.807) is 0 Å². The lowest BCUT2D eigenvalue weighted by Gasteiger charge is -2.34. The van der Waals surface area contributed by atoms with E-state index >= 15 is 0 Å². The first-order chi connectivity index (χ1) is 11.1. The fourth-order valence-electron chi connectivity index (χ4n) is 3.11. The maximum Gasteiger partial charge on any atom is 0.126 e. The third kappa shape index (κ3) is 3.46. The van der Waals surface area contributed by atoms with Crippen molar-refractivity contribution in [1.29, 1.82) is 0 Å². The summed E-state index contributed by atoms with van der Waals surface area (Å²) in [5.74, 6) is 1.19. The lowest BCUT2D eigenvalue weighted by Crippen LogP contribution is -2.37. The molecule has 3 rings (SSSR count). The van der Waals surface area contributed by atoms with Crippen molar-refractivity contribution in [3.8, 4) is 0 Å². The second kappa shape index (κ2) is 6.81. The highest BCUT2D eigenvalue weighted by Crippen LogP contribution is 2.27. The Morgan fingerprint density at radius 1 is 1.30 bits per heavy atom. The minimum atomic E-state index is 0.335. The van der Waals surface area contributed by atoms with Crippen molar-refractivity contribution in [3.05, 3.63) is 47.8 Å². The van der Waals surface area contributed by atoms with Crippen LogP contribution in [0, 0.1) is 0 Å².